The molecule has 0 saturated carbocycles. The van der Waals surface area contributed by atoms with Crippen molar-refractivity contribution in [1.29, 1.82) is 0 Å². The number of rotatable bonds is 4. The average Bonchev–Trinajstić information content (AvgIpc) is 3.06. The van der Waals surface area contributed by atoms with Crippen molar-refractivity contribution in [3.63, 3.8) is 0 Å². The van der Waals surface area contributed by atoms with Gasteiger partial charge in [-0.05, 0) is 45.8 Å². The first-order valence-electron chi connectivity index (χ1n) is 7.06. The molecule has 1 atom stereocenters. The van der Waals surface area contributed by atoms with E-state index in [1.165, 1.54) is 0 Å². The summed E-state index contributed by atoms with van der Waals surface area (Å²) in [7, 11) is -1.89. The molecule has 1 aliphatic heterocycles. The second-order valence-corrected chi connectivity index (χ2v) is 8.98. The van der Waals surface area contributed by atoms with Gasteiger partial charge in [0.15, 0.2) is 0 Å². The van der Waals surface area contributed by atoms with Crippen LogP contribution in [0.1, 0.15) is 10.9 Å². The molecular weight excluding hydrogens is 398 g/mol. The minimum absolute atomic E-state index is 0.220. The molecule has 2 aromatic carbocycles. The Morgan fingerprint density at radius 2 is 1.96 bits per heavy atom. The summed E-state index contributed by atoms with van der Waals surface area (Å²) in [6.45, 7) is 0.510. The van der Waals surface area contributed by atoms with Crippen molar-refractivity contribution in [2.75, 3.05) is 19.4 Å². The van der Waals surface area contributed by atoms with Gasteiger partial charge < -0.3 is 4.74 Å². The lowest BCUT2D eigenvalue weighted by Crippen LogP contribution is -2.30. The summed E-state index contributed by atoms with van der Waals surface area (Å²) in [6.07, 6.45) is 0. The highest BCUT2D eigenvalue weighted by atomic mass is 79.9. The number of ether oxygens (including phenoxy) is 1. The zero-order chi connectivity index (χ0) is 16.4. The zero-order valence-electron chi connectivity index (χ0n) is 12.5. The van der Waals surface area contributed by atoms with Gasteiger partial charge in [0.2, 0.25) is 10.0 Å². The first kappa shape index (κ1) is 16.8. The Bertz CT molecular complexity index is 796. The number of nitrogens with zero attached hydrogens (tertiary/aromatic N) is 1. The summed E-state index contributed by atoms with van der Waals surface area (Å²) in [5.74, 6) is 1.51. The number of hydrogen-bond donors (Lipinski definition) is 0. The molecule has 0 N–H and O–H groups in total. The van der Waals surface area contributed by atoms with E-state index < -0.39 is 10.0 Å². The molecule has 0 radical (unpaired) electrons. The molecule has 0 bridgehead atoms. The minimum Gasteiger partial charge on any atom is -0.496 e. The molecule has 0 aliphatic carbocycles. The van der Waals surface area contributed by atoms with E-state index in [2.05, 4.69) is 15.9 Å². The molecule has 7 heteroatoms. The Labute approximate surface area is 149 Å². The Morgan fingerprint density at radius 3 is 2.61 bits per heavy atom. The van der Waals surface area contributed by atoms with Crippen molar-refractivity contribution < 1.29 is 13.2 Å². The molecule has 0 spiro atoms. The van der Waals surface area contributed by atoms with E-state index in [0.717, 1.165) is 21.5 Å². The van der Waals surface area contributed by atoms with E-state index in [9.17, 15) is 8.42 Å². The summed E-state index contributed by atoms with van der Waals surface area (Å²) in [4.78, 5) is 0.333. The predicted octanol–water partition coefficient (Wildman–Crippen LogP) is 3.89. The van der Waals surface area contributed by atoms with Crippen LogP contribution in [0.2, 0.25) is 0 Å². The third-order valence-corrected chi connectivity index (χ3v) is 7.55. The fourth-order valence-corrected chi connectivity index (χ4v) is 6.34. The molecule has 1 aliphatic rings. The molecule has 0 unspecified atom stereocenters. The smallest absolute Gasteiger partial charge is 0.244 e. The molecule has 23 heavy (non-hydrogen) atoms. The van der Waals surface area contributed by atoms with E-state index in [1.807, 2.05) is 24.3 Å². The topological polar surface area (TPSA) is 46.6 Å². The molecular formula is C16H16BrNO3S2. The van der Waals surface area contributed by atoms with Gasteiger partial charge in [0, 0.05) is 12.3 Å². The van der Waals surface area contributed by atoms with E-state index in [1.54, 1.807) is 47.4 Å². The summed E-state index contributed by atoms with van der Waals surface area (Å²) in [6, 6.07) is 14.3. The van der Waals surface area contributed by atoms with Crippen molar-refractivity contribution in [2.24, 2.45) is 0 Å². The lowest BCUT2D eigenvalue weighted by Gasteiger charge is -2.24. The number of sulfonamides is 1. The van der Waals surface area contributed by atoms with Crippen LogP contribution in [-0.2, 0) is 10.0 Å². The quantitative estimate of drug-likeness (QED) is 0.762. The molecule has 3 rings (SSSR count). The van der Waals surface area contributed by atoms with Gasteiger partial charge in [-0.15, -0.1) is 11.8 Å². The molecule has 0 amide bonds. The Morgan fingerprint density at radius 1 is 1.22 bits per heavy atom. The van der Waals surface area contributed by atoms with Gasteiger partial charge in [-0.25, -0.2) is 8.42 Å². The first-order valence-corrected chi connectivity index (χ1v) is 10.3. The Kier molecular flexibility index (Phi) is 5.01. The van der Waals surface area contributed by atoms with Crippen LogP contribution in [0.5, 0.6) is 5.75 Å². The van der Waals surface area contributed by atoms with Crippen LogP contribution in [0.4, 0.5) is 0 Å². The van der Waals surface area contributed by atoms with Crippen LogP contribution in [0.25, 0.3) is 0 Å². The largest absolute Gasteiger partial charge is 0.496 e. The van der Waals surface area contributed by atoms with Crippen LogP contribution in [0.15, 0.2) is 57.9 Å². The van der Waals surface area contributed by atoms with Gasteiger partial charge in [0.05, 0.1) is 21.9 Å². The van der Waals surface area contributed by atoms with Gasteiger partial charge in [0.25, 0.3) is 0 Å². The summed E-state index contributed by atoms with van der Waals surface area (Å²) in [5.41, 5.74) is 0.944. The monoisotopic (exact) mass is 413 g/mol. The van der Waals surface area contributed by atoms with Crippen molar-refractivity contribution in [2.45, 2.75) is 10.3 Å². The van der Waals surface area contributed by atoms with Crippen molar-refractivity contribution in [1.82, 2.24) is 4.31 Å². The molecule has 1 fully saturated rings. The van der Waals surface area contributed by atoms with Gasteiger partial charge in [-0.3, -0.25) is 0 Å². The predicted molar refractivity (Wildman–Crippen MR) is 96.2 cm³/mol. The second kappa shape index (κ2) is 6.84. The van der Waals surface area contributed by atoms with E-state index in [0.29, 0.717) is 11.4 Å². The molecule has 1 heterocycles. The Balaban J connectivity index is 1.96. The molecule has 0 aromatic heterocycles. The SMILES string of the molecule is COc1ccc([C@H]2SCCN2S(=O)(=O)c2ccccc2)cc1Br. The van der Waals surface area contributed by atoms with Crippen LogP contribution in [0, 0.1) is 0 Å². The van der Waals surface area contributed by atoms with Gasteiger partial charge in [-0.1, -0.05) is 24.3 Å². The molecule has 122 valence electrons. The third-order valence-electron chi connectivity index (χ3n) is 3.66. The summed E-state index contributed by atoms with van der Waals surface area (Å²) >= 11 is 5.10. The fourth-order valence-electron chi connectivity index (χ4n) is 2.53. The van der Waals surface area contributed by atoms with E-state index >= 15 is 0 Å². The first-order chi connectivity index (χ1) is 11.0. The van der Waals surface area contributed by atoms with Gasteiger partial charge >= 0.3 is 0 Å². The normalized spacial score (nSPS) is 19.0. The number of halogens is 1. The Hall–Kier alpha value is -1.02. The van der Waals surface area contributed by atoms with Crippen LogP contribution in [-0.4, -0.2) is 32.1 Å². The summed E-state index contributed by atoms with van der Waals surface area (Å²) < 4.78 is 33.4. The minimum atomic E-state index is -3.50. The van der Waals surface area contributed by atoms with E-state index in [-0.39, 0.29) is 5.37 Å². The van der Waals surface area contributed by atoms with Gasteiger partial charge in [-0.2, -0.15) is 4.31 Å². The van der Waals surface area contributed by atoms with Crippen molar-refractivity contribution in [3.05, 3.63) is 58.6 Å². The number of methoxy groups -OCH3 is 1. The number of benzene rings is 2. The second-order valence-electron chi connectivity index (χ2n) is 5.05. The maximum atomic E-state index is 12.9. The maximum Gasteiger partial charge on any atom is 0.244 e. The molecule has 4 nitrogen and oxygen atoms in total. The highest BCUT2D eigenvalue weighted by molar-refractivity contribution is 9.10. The van der Waals surface area contributed by atoms with Crippen LogP contribution in [0.3, 0.4) is 0 Å². The fraction of sp³-hybridized carbons (Fsp3) is 0.250. The molecule has 1 saturated heterocycles. The summed E-state index contributed by atoms with van der Waals surface area (Å²) in [5, 5.41) is -0.220. The van der Waals surface area contributed by atoms with Crippen LogP contribution >= 0.6 is 27.7 Å². The lowest BCUT2D eigenvalue weighted by atomic mass is 10.2. The third kappa shape index (κ3) is 3.28. The van der Waals surface area contributed by atoms with Crippen molar-refractivity contribution >= 4 is 37.7 Å². The standard InChI is InChI=1S/C16H16BrNO3S2/c1-21-15-8-7-12(11-14(15)17)16-18(9-10-22-16)23(19,20)13-5-3-2-4-6-13/h2-8,11,16H,9-10H2,1H3/t16-/m1/s1. The maximum absolute atomic E-state index is 12.9. The zero-order valence-corrected chi connectivity index (χ0v) is 15.7. The highest BCUT2D eigenvalue weighted by Gasteiger charge is 2.36. The number of hydrogen-bond acceptors (Lipinski definition) is 4. The van der Waals surface area contributed by atoms with Crippen LogP contribution < -0.4 is 4.74 Å². The average molecular weight is 414 g/mol. The highest BCUT2D eigenvalue weighted by Crippen LogP contribution is 2.43. The van der Waals surface area contributed by atoms with E-state index in [4.69, 9.17) is 4.74 Å². The number of thioether (sulfide) groups is 1. The van der Waals surface area contributed by atoms with Crippen molar-refractivity contribution in [3.8, 4) is 5.75 Å². The molecule has 2 aromatic rings. The lowest BCUT2D eigenvalue weighted by molar-refractivity contribution is 0.410. The van der Waals surface area contributed by atoms with Gasteiger partial charge in [0.1, 0.15) is 5.75 Å².